The average molecular weight is 414 g/mol. The zero-order chi connectivity index (χ0) is 20.5. The molecule has 1 unspecified atom stereocenters. The Kier molecular flexibility index (Phi) is 5.12. The van der Waals surface area contributed by atoms with Crippen LogP contribution in [0.3, 0.4) is 0 Å². The third-order valence-corrected chi connectivity index (χ3v) is 5.38. The van der Waals surface area contributed by atoms with Gasteiger partial charge in [0.05, 0.1) is 0 Å². The summed E-state index contributed by atoms with van der Waals surface area (Å²) in [7, 11) is 0. The van der Waals surface area contributed by atoms with Crippen LogP contribution in [0.1, 0.15) is 5.56 Å². The van der Waals surface area contributed by atoms with Crippen molar-refractivity contribution in [1.82, 2.24) is 15.3 Å². The van der Waals surface area contributed by atoms with Crippen LogP contribution >= 0.6 is 11.6 Å². The van der Waals surface area contributed by atoms with E-state index in [2.05, 4.69) is 10.7 Å². The van der Waals surface area contributed by atoms with Gasteiger partial charge in [-0.3, -0.25) is 24.3 Å². The summed E-state index contributed by atoms with van der Waals surface area (Å²) >= 11 is 6.08. The van der Waals surface area contributed by atoms with E-state index in [-0.39, 0.29) is 6.54 Å². The molecule has 0 aromatic heterocycles. The van der Waals surface area contributed by atoms with Crippen LogP contribution in [0, 0.1) is 6.92 Å². The first-order valence-corrected chi connectivity index (χ1v) is 9.58. The molecule has 3 amide bonds. The number of benzene rings is 2. The van der Waals surface area contributed by atoms with Gasteiger partial charge in [-0.25, -0.2) is 0 Å². The van der Waals surface area contributed by atoms with Crippen LogP contribution in [0.2, 0.25) is 5.02 Å². The van der Waals surface area contributed by atoms with Gasteiger partial charge in [-0.1, -0.05) is 35.9 Å². The summed E-state index contributed by atoms with van der Waals surface area (Å²) in [6.45, 7) is 2.58. The molecule has 2 aliphatic rings. The molecule has 29 heavy (non-hydrogen) atoms. The Morgan fingerprint density at radius 2 is 1.83 bits per heavy atom. The molecule has 0 spiro atoms. The number of hydrazine groups is 1. The number of para-hydroxylation sites is 1. The molecule has 0 radical (unpaired) electrons. The van der Waals surface area contributed by atoms with Gasteiger partial charge < -0.3 is 10.2 Å². The zero-order valence-corrected chi connectivity index (χ0v) is 16.5. The van der Waals surface area contributed by atoms with E-state index in [1.165, 1.54) is 4.90 Å². The molecule has 4 rings (SSSR count). The van der Waals surface area contributed by atoms with E-state index in [4.69, 9.17) is 11.6 Å². The summed E-state index contributed by atoms with van der Waals surface area (Å²) in [6.07, 6.45) is -0.524. The maximum Gasteiger partial charge on any atom is 0.326 e. The first-order chi connectivity index (χ1) is 13.9. The average Bonchev–Trinajstić information content (AvgIpc) is 3.13. The fourth-order valence-electron chi connectivity index (χ4n) is 3.44. The lowest BCUT2D eigenvalue weighted by atomic mass is 10.2. The van der Waals surface area contributed by atoms with Gasteiger partial charge in [-0.15, -0.1) is 0 Å². The molecule has 1 atom stereocenters. The smallest absolute Gasteiger partial charge is 0.326 e. The second kappa shape index (κ2) is 7.73. The van der Waals surface area contributed by atoms with Gasteiger partial charge in [0.25, 0.3) is 0 Å². The normalized spacial score (nSPS) is 18.8. The Labute approximate surface area is 173 Å². The van der Waals surface area contributed by atoms with Crippen molar-refractivity contribution in [1.29, 1.82) is 0 Å². The number of nitrogens with zero attached hydrogens (tertiary/aromatic N) is 3. The van der Waals surface area contributed by atoms with Crippen LogP contribution in [0.25, 0.3) is 0 Å². The SMILES string of the molecule is Cc1ccc(NC(=O)CN2NC3N(CCN3c3ccccc3)C(=O)C2=O)cc1Cl. The number of hydrogen-bond acceptors (Lipinski definition) is 5. The van der Waals surface area contributed by atoms with Crippen LogP contribution in [0.4, 0.5) is 11.4 Å². The number of hydrogen-bond donors (Lipinski definition) is 2. The second-order valence-electron chi connectivity index (χ2n) is 6.93. The van der Waals surface area contributed by atoms with Gasteiger partial charge in [0.1, 0.15) is 6.54 Å². The van der Waals surface area contributed by atoms with Crippen LogP contribution in [-0.4, -0.2) is 53.6 Å². The maximum absolute atomic E-state index is 12.5. The number of carbonyl (C=O) groups is 3. The van der Waals surface area contributed by atoms with E-state index in [0.29, 0.717) is 23.8 Å². The van der Waals surface area contributed by atoms with Gasteiger partial charge in [0.2, 0.25) is 5.91 Å². The summed E-state index contributed by atoms with van der Waals surface area (Å²) in [6, 6.07) is 14.8. The zero-order valence-electron chi connectivity index (χ0n) is 15.8. The number of rotatable bonds is 4. The fraction of sp³-hybridized carbons (Fsp3) is 0.250. The molecule has 9 heteroatoms. The summed E-state index contributed by atoms with van der Waals surface area (Å²) in [5.74, 6) is -1.82. The lowest BCUT2D eigenvalue weighted by molar-refractivity contribution is -0.163. The largest absolute Gasteiger partial charge is 0.336 e. The monoisotopic (exact) mass is 413 g/mol. The highest BCUT2D eigenvalue weighted by Crippen LogP contribution is 2.25. The molecule has 150 valence electrons. The quantitative estimate of drug-likeness (QED) is 0.743. The number of amides is 3. The molecule has 2 fully saturated rings. The molecule has 0 saturated carbocycles. The molecule has 2 heterocycles. The first kappa shape index (κ1) is 19.2. The Bertz CT molecular complexity index is 968. The van der Waals surface area contributed by atoms with Crippen LogP contribution in [0.5, 0.6) is 0 Å². The van der Waals surface area contributed by atoms with Crippen LogP contribution < -0.4 is 15.6 Å². The lowest BCUT2D eigenvalue weighted by Crippen LogP contribution is -2.68. The van der Waals surface area contributed by atoms with E-state index >= 15 is 0 Å². The molecular formula is C20H20ClN5O3. The molecule has 0 aliphatic carbocycles. The Balaban J connectivity index is 1.47. The Morgan fingerprint density at radius 1 is 1.10 bits per heavy atom. The molecule has 0 bridgehead atoms. The van der Waals surface area contributed by atoms with Crippen molar-refractivity contribution in [2.24, 2.45) is 0 Å². The molecule has 2 aromatic carbocycles. The minimum atomic E-state index is -0.756. The molecule has 2 aromatic rings. The molecule has 2 N–H and O–H groups in total. The van der Waals surface area contributed by atoms with Gasteiger partial charge in [0.15, 0.2) is 6.29 Å². The third kappa shape index (κ3) is 3.76. The van der Waals surface area contributed by atoms with Crippen molar-refractivity contribution in [3.8, 4) is 0 Å². The summed E-state index contributed by atoms with van der Waals surface area (Å²) in [4.78, 5) is 40.9. The van der Waals surface area contributed by atoms with Crippen molar-refractivity contribution >= 4 is 40.7 Å². The second-order valence-corrected chi connectivity index (χ2v) is 7.34. The molecule has 2 saturated heterocycles. The topological polar surface area (TPSA) is 85.0 Å². The maximum atomic E-state index is 12.5. The number of anilines is 2. The summed E-state index contributed by atoms with van der Waals surface area (Å²) in [5.41, 5.74) is 5.35. The Morgan fingerprint density at radius 3 is 2.55 bits per heavy atom. The summed E-state index contributed by atoms with van der Waals surface area (Å²) < 4.78 is 0. The van der Waals surface area contributed by atoms with E-state index in [0.717, 1.165) is 16.3 Å². The summed E-state index contributed by atoms with van der Waals surface area (Å²) in [5, 5.41) is 4.30. The van der Waals surface area contributed by atoms with Gasteiger partial charge in [0, 0.05) is 29.5 Å². The standard InChI is InChI=1S/C20H20ClN5O3/c1-13-7-8-14(11-16(13)21)22-17(27)12-26-19(29)18(28)25-10-9-24(20(25)23-26)15-5-3-2-4-6-15/h2-8,11,20,23H,9-10,12H2,1H3,(H,22,27). The minimum Gasteiger partial charge on any atom is -0.336 e. The number of nitrogens with one attached hydrogen (secondary N) is 2. The first-order valence-electron chi connectivity index (χ1n) is 9.20. The van der Waals surface area contributed by atoms with Crippen molar-refractivity contribution in [3.63, 3.8) is 0 Å². The highest BCUT2D eigenvalue weighted by molar-refractivity contribution is 6.35. The van der Waals surface area contributed by atoms with Crippen molar-refractivity contribution in [2.45, 2.75) is 13.2 Å². The van der Waals surface area contributed by atoms with E-state index < -0.39 is 24.0 Å². The minimum absolute atomic E-state index is 0.303. The number of aryl methyl sites for hydroxylation is 1. The highest BCUT2D eigenvalue weighted by atomic mass is 35.5. The van der Waals surface area contributed by atoms with Crippen LogP contribution in [0.15, 0.2) is 48.5 Å². The number of fused-ring (bicyclic) bond motifs is 1. The van der Waals surface area contributed by atoms with E-state index in [9.17, 15) is 14.4 Å². The van der Waals surface area contributed by atoms with Gasteiger partial charge in [-0.2, -0.15) is 5.43 Å². The van der Waals surface area contributed by atoms with Crippen molar-refractivity contribution < 1.29 is 14.4 Å². The van der Waals surface area contributed by atoms with Crippen molar-refractivity contribution in [3.05, 3.63) is 59.1 Å². The Hall–Kier alpha value is -3.10. The highest BCUT2D eigenvalue weighted by Gasteiger charge is 2.45. The fourth-order valence-corrected chi connectivity index (χ4v) is 3.62. The van der Waals surface area contributed by atoms with Crippen LogP contribution in [-0.2, 0) is 14.4 Å². The molecule has 8 nitrogen and oxygen atoms in total. The molecular weight excluding hydrogens is 394 g/mol. The van der Waals surface area contributed by atoms with Gasteiger partial charge in [-0.05, 0) is 36.8 Å². The lowest BCUT2D eigenvalue weighted by Gasteiger charge is -2.40. The third-order valence-electron chi connectivity index (χ3n) is 4.98. The van der Waals surface area contributed by atoms with Gasteiger partial charge >= 0.3 is 11.8 Å². The van der Waals surface area contributed by atoms with Crippen molar-refractivity contribution in [2.75, 3.05) is 29.9 Å². The predicted octanol–water partition coefficient (Wildman–Crippen LogP) is 1.57. The molecule has 2 aliphatic heterocycles. The number of carbonyl (C=O) groups excluding carboxylic acids is 3. The number of halogens is 1. The van der Waals surface area contributed by atoms with E-state index in [1.54, 1.807) is 18.2 Å². The van der Waals surface area contributed by atoms with E-state index in [1.807, 2.05) is 42.2 Å². The predicted molar refractivity (Wildman–Crippen MR) is 109 cm³/mol.